The van der Waals surface area contributed by atoms with Crippen molar-refractivity contribution in [2.75, 3.05) is 7.11 Å². The lowest BCUT2D eigenvalue weighted by Gasteiger charge is -2.13. The molecule has 0 fully saturated rings. The van der Waals surface area contributed by atoms with Crippen LogP contribution in [-0.2, 0) is 6.54 Å². The van der Waals surface area contributed by atoms with Gasteiger partial charge in [-0.2, -0.15) is 0 Å². The van der Waals surface area contributed by atoms with Gasteiger partial charge < -0.3 is 10.1 Å². The van der Waals surface area contributed by atoms with Crippen LogP contribution in [-0.4, -0.2) is 7.11 Å². The molecule has 92 valence electrons. The molecule has 0 aliphatic carbocycles. The zero-order chi connectivity index (χ0) is 12.5. The summed E-state index contributed by atoms with van der Waals surface area (Å²) in [6.45, 7) is 0.712. The minimum Gasteiger partial charge on any atom is -0.497 e. The Hall–Kier alpha value is -1.87. The Morgan fingerprint density at radius 1 is 1.17 bits per heavy atom. The molecule has 1 atom stereocenters. The molecule has 0 saturated heterocycles. The summed E-state index contributed by atoms with van der Waals surface area (Å²) in [7, 11) is 1.65. The van der Waals surface area contributed by atoms with Crippen molar-refractivity contribution < 1.29 is 9.13 Å². The van der Waals surface area contributed by atoms with Crippen LogP contribution in [0.1, 0.15) is 22.7 Å². The normalized spacial score (nSPS) is 17.6. The van der Waals surface area contributed by atoms with Crippen LogP contribution in [0.2, 0.25) is 0 Å². The Kier molecular flexibility index (Phi) is 2.76. The van der Waals surface area contributed by atoms with E-state index in [1.807, 2.05) is 30.3 Å². The quantitative estimate of drug-likeness (QED) is 0.875. The van der Waals surface area contributed by atoms with E-state index in [2.05, 4.69) is 5.32 Å². The van der Waals surface area contributed by atoms with Gasteiger partial charge in [0.25, 0.3) is 0 Å². The smallest absolute Gasteiger partial charge is 0.123 e. The van der Waals surface area contributed by atoms with Crippen molar-refractivity contribution in [1.29, 1.82) is 0 Å². The predicted octanol–water partition coefficient (Wildman–Crippen LogP) is 3.03. The second kappa shape index (κ2) is 4.42. The zero-order valence-corrected chi connectivity index (χ0v) is 10.1. The molecule has 1 heterocycles. The van der Waals surface area contributed by atoms with Gasteiger partial charge in [-0.1, -0.05) is 18.2 Å². The highest BCUT2D eigenvalue weighted by molar-refractivity contribution is 5.42. The topological polar surface area (TPSA) is 21.3 Å². The number of hydrogen-bond acceptors (Lipinski definition) is 2. The zero-order valence-electron chi connectivity index (χ0n) is 10.1. The summed E-state index contributed by atoms with van der Waals surface area (Å²) in [6.07, 6.45) is 0. The van der Waals surface area contributed by atoms with E-state index < -0.39 is 0 Å². The third-order valence-corrected chi connectivity index (χ3v) is 3.36. The lowest BCUT2D eigenvalue weighted by molar-refractivity contribution is 0.414. The molecule has 2 aromatic carbocycles. The predicted molar refractivity (Wildman–Crippen MR) is 68.1 cm³/mol. The van der Waals surface area contributed by atoms with Crippen LogP contribution in [0.25, 0.3) is 0 Å². The van der Waals surface area contributed by atoms with Gasteiger partial charge >= 0.3 is 0 Å². The largest absolute Gasteiger partial charge is 0.497 e. The highest BCUT2D eigenvalue weighted by Gasteiger charge is 2.23. The number of hydrogen-bond donors (Lipinski definition) is 1. The van der Waals surface area contributed by atoms with Gasteiger partial charge in [0.15, 0.2) is 0 Å². The summed E-state index contributed by atoms with van der Waals surface area (Å²) >= 11 is 0. The van der Waals surface area contributed by atoms with Crippen molar-refractivity contribution in [1.82, 2.24) is 5.32 Å². The number of methoxy groups -OCH3 is 1. The van der Waals surface area contributed by atoms with Gasteiger partial charge in [-0.3, -0.25) is 0 Å². The van der Waals surface area contributed by atoms with E-state index >= 15 is 0 Å². The van der Waals surface area contributed by atoms with E-state index in [1.54, 1.807) is 13.2 Å². The van der Waals surface area contributed by atoms with Crippen LogP contribution in [0.4, 0.5) is 4.39 Å². The van der Waals surface area contributed by atoms with Crippen LogP contribution in [0.3, 0.4) is 0 Å². The Morgan fingerprint density at radius 2 is 1.94 bits per heavy atom. The van der Waals surface area contributed by atoms with Gasteiger partial charge in [0.1, 0.15) is 11.6 Å². The van der Waals surface area contributed by atoms with Crippen molar-refractivity contribution in [2.45, 2.75) is 12.6 Å². The van der Waals surface area contributed by atoms with Gasteiger partial charge in [-0.25, -0.2) is 4.39 Å². The van der Waals surface area contributed by atoms with E-state index in [0.29, 0.717) is 6.54 Å². The standard InChI is InChI=1S/C15H14FNO/c1-18-13-5-2-10(3-6-13)15-14-7-4-12(16)8-11(14)9-17-15/h2-8,15,17H,9H2,1H3. The van der Waals surface area contributed by atoms with Crippen molar-refractivity contribution in [3.05, 3.63) is 65.0 Å². The molecule has 0 amide bonds. The van der Waals surface area contributed by atoms with Crippen LogP contribution < -0.4 is 10.1 Å². The molecule has 1 N–H and O–H groups in total. The maximum Gasteiger partial charge on any atom is 0.123 e. The van der Waals surface area contributed by atoms with Crippen LogP contribution in [0.5, 0.6) is 5.75 Å². The molecule has 1 aliphatic rings. The number of ether oxygens (including phenoxy) is 1. The fraction of sp³-hybridized carbons (Fsp3) is 0.200. The van der Waals surface area contributed by atoms with Crippen LogP contribution in [0, 0.1) is 5.82 Å². The Bertz CT molecular complexity index is 565. The summed E-state index contributed by atoms with van der Waals surface area (Å²) in [5.41, 5.74) is 3.36. The van der Waals surface area contributed by atoms with Gasteiger partial charge in [-0.05, 0) is 41.0 Å². The number of benzene rings is 2. The van der Waals surface area contributed by atoms with Gasteiger partial charge in [0.05, 0.1) is 13.2 Å². The van der Waals surface area contributed by atoms with Crippen molar-refractivity contribution in [3.8, 4) is 5.75 Å². The SMILES string of the molecule is COc1ccc(C2NCc3cc(F)ccc32)cc1. The average Bonchev–Trinajstić information content (AvgIpc) is 2.81. The fourth-order valence-electron chi connectivity index (χ4n) is 2.42. The molecule has 3 heteroatoms. The number of nitrogens with one attached hydrogen (secondary N) is 1. The minimum absolute atomic E-state index is 0.145. The fourth-order valence-corrected chi connectivity index (χ4v) is 2.42. The molecule has 1 aliphatic heterocycles. The first-order chi connectivity index (χ1) is 8.78. The third-order valence-electron chi connectivity index (χ3n) is 3.36. The van der Waals surface area contributed by atoms with Gasteiger partial charge in [0.2, 0.25) is 0 Å². The van der Waals surface area contributed by atoms with Gasteiger partial charge in [-0.15, -0.1) is 0 Å². The highest BCUT2D eigenvalue weighted by Crippen LogP contribution is 2.31. The molecule has 18 heavy (non-hydrogen) atoms. The average molecular weight is 243 g/mol. The van der Waals surface area contributed by atoms with E-state index in [9.17, 15) is 4.39 Å². The molecule has 2 nitrogen and oxygen atoms in total. The van der Waals surface area contributed by atoms with E-state index in [0.717, 1.165) is 16.9 Å². The van der Waals surface area contributed by atoms with Crippen LogP contribution >= 0.6 is 0 Å². The van der Waals surface area contributed by atoms with Crippen molar-refractivity contribution >= 4 is 0 Å². The Morgan fingerprint density at radius 3 is 2.67 bits per heavy atom. The first-order valence-electron chi connectivity index (χ1n) is 5.93. The van der Waals surface area contributed by atoms with E-state index in [-0.39, 0.29) is 11.9 Å². The minimum atomic E-state index is -0.175. The first kappa shape index (κ1) is 11.2. The molecule has 0 bridgehead atoms. The Balaban J connectivity index is 1.95. The number of fused-ring (bicyclic) bond motifs is 1. The molecule has 0 radical (unpaired) electrons. The molecule has 0 spiro atoms. The number of halogens is 1. The summed E-state index contributed by atoms with van der Waals surface area (Å²) in [5.74, 6) is 0.669. The summed E-state index contributed by atoms with van der Waals surface area (Å²) in [5, 5.41) is 3.40. The molecule has 0 aromatic heterocycles. The molecular weight excluding hydrogens is 229 g/mol. The molecule has 0 saturated carbocycles. The van der Waals surface area contributed by atoms with E-state index in [4.69, 9.17) is 4.74 Å². The van der Waals surface area contributed by atoms with Crippen molar-refractivity contribution in [2.24, 2.45) is 0 Å². The lowest BCUT2D eigenvalue weighted by Crippen LogP contribution is -2.13. The number of rotatable bonds is 2. The summed E-state index contributed by atoms with van der Waals surface area (Å²) < 4.78 is 18.3. The Labute approximate surface area is 105 Å². The molecule has 2 aromatic rings. The van der Waals surface area contributed by atoms with E-state index in [1.165, 1.54) is 11.6 Å². The second-order valence-electron chi connectivity index (χ2n) is 4.43. The molecule has 3 rings (SSSR count). The van der Waals surface area contributed by atoms with Gasteiger partial charge in [0, 0.05) is 6.54 Å². The summed E-state index contributed by atoms with van der Waals surface area (Å²) in [4.78, 5) is 0. The second-order valence-corrected chi connectivity index (χ2v) is 4.43. The van der Waals surface area contributed by atoms with Crippen molar-refractivity contribution in [3.63, 3.8) is 0 Å². The third kappa shape index (κ3) is 1.87. The lowest BCUT2D eigenvalue weighted by atomic mass is 9.98. The maximum absolute atomic E-state index is 13.1. The monoisotopic (exact) mass is 243 g/mol. The molecule has 1 unspecified atom stereocenters. The summed E-state index contributed by atoms with van der Waals surface area (Å²) in [6, 6.07) is 13.1. The van der Waals surface area contributed by atoms with Crippen LogP contribution in [0.15, 0.2) is 42.5 Å². The maximum atomic E-state index is 13.1. The first-order valence-corrected chi connectivity index (χ1v) is 5.93. The highest BCUT2D eigenvalue weighted by atomic mass is 19.1. The molecular formula is C15H14FNO.